The van der Waals surface area contributed by atoms with Gasteiger partial charge in [0.2, 0.25) is 0 Å². The van der Waals surface area contributed by atoms with E-state index in [-0.39, 0.29) is 18.8 Å². The molecule has 212 valence electrons. The highest BCUT2D eigenvalue weighted by Crippen LogP contribution is 2.42. The van der Waals surface area contributed by atoms with E-state index in [4.69, 9.17) is 19.6 Å². The van der Waals surface area contributed by atoms with E-state index < -0.39 is 0 Å². The van der Waals surface area contributed by atoms with E-state index in [1.165, 1.54) is 0 Å². The van der Waals surface area contributed by atoms with E-state index in [1.807, 2.05) is 44.2 Å². The van der Waals surface area contributed by atoms with Crippen LogP contribution in [0.15, 0.2) is 70.0 Å². The third-order valence-electron chi connectivity index (χ3n) is 7.38. The molecule has 2 aromatic heterocycles. The van der Waals surface area contributed by atoms with Crippen molar-refractivity contribution in [1.29, 1.82) is 0 Å². The number of rotatable bonds is 9. The van der Waals surface area contributed by atoms with Crippen molar-refractivity contribution in [2.75, 3.05) is 18.9 Å². The number of nitrogens with two attached hydrogens (primary N) is 1. The quantitative estimate of drug-likeness (QED) is 0.192. The van der Waals surface area contributed by atoms with Gasteiger partial charge in [-0.2, -0.15) is 0 Å². The van der Waals surface area contributed by atoms with Crippen LogP contribution in [0.2, 0.25) is 0 Å². The molecule has 0 saturated carbocycles. The van der Waals surface area contributed by atoms with Gasteiger partial charge in [0.15, 0.2) is 0 Å². The van der Waals surface area contributed by atoms with Crippen molar-refractivity contribution in [3.8, 4) is 39.7 Å². The Kier molecular flexibility index (Phi) is 7.90. The van der Waals surface area contributed by atoms with Crippen LogP contribution < -0.4 is 20.8 Å². The molecule has 0 saturated heterocycles. The summed E-state index contributed by atoms with van der Waals surface area (Å²) in [5, 5.41) is 9.64. The van der Waals surface area contributed by atoms with Crippen molar-refractivity contribution < 1.29 is 19.0 Å². The maximum Gasteiger partial charge on any atom is 0.261 e. The van der Waals surface area contributed by atoms with E-state index >= 15 is 0 Å². The fourth-order valence-corrected chi connectivity index (χ4v) is 5.34. The Balaban J connectivity index is 1.68. The summed E-state index contributed by atoms with van der Waals surface area (Å²) in [5.74, 6) is 2.78. The zero-order valence-electron chi connectivity index (χ0n) is 24.2. The van der Waals surface area contributed by atoms with E-state index in [9.17, 15) is 9.90 Å². The van der Waals surface area contributed by atoms with Gasteiger partial charge in [0.25, 0.3) is 5.56 Å². The highest BCUT2D eigenvalue weighted by molar-refractivity contribution is 5.96. The summed E-state index contributed by atoms with van der Waals surface area (Å²) in [5.41, 5.74) is 13.5. The smallest absolute Gasteiger partial charge is 0.261 e. The maximum absolute atomic E-state index is 13.3. The molecule has 0 amide bonds. The molecule has 0 aliphatic carbocycles. The number of ether oxygens (including phenoxy) is 2. The number of hydrogen-bond donors (Lipinski definition) is 2. The SMILES string of the molecule is CCc1cccc(CC)c1Oc1ccc(N)cc1-c1cn(C)c(=O)c2cc(-c3cc(C)c(OCCO)c(C)c3)oc12. The van der Waals surface area contributed by atoms with Gasteiger partial charge in [-0.3, -0.25) is 4.79 Å². The standard InChI is InChI=1S/C34H36N2O5/c1-6-22-9-8-10-23(7-2)32(22)40-29-12-11-25(35)17-26(29)28-19-36(5)34(38)27-18-30(41-33(27)28)24-15-20(3)31(21(4)16-24)39-14-13-37/h8-12,15-19,37H,6-7,13-14,35H2,1-5H3. The number of nitrogen functional groups attached to an aromatic ring is 1. The first kappa shape index (κ1) is 28.1. The van der Waals surface area contributed by atoms with Gasteiger partial charge in [-0.05, 0) is 85.3 Å². The molecule has 5 aromatic rings. The fourth-order valence-electron chi connectivity index (χ4n) is 5.34. The van der Waals surface area contributed by atoms with Gasteiger partial charge in [0, 0.05) is 35.6 Å². The summed E-state index contributed by atoms with van der Waals surface area (Å²) in [4.78, 5) is 13.3. The number of aliphatic hydroxyl groups excluding tert-OH is 1. The van der Waals surface area contributed by atoms with Crippen molar-refractivity contribution in [2.24, 2.45) is 7.05 Å². The molecular formula is C34H36N2O5. The van der Waals surface area contributed by atoms with Gasteiger partial charge >= 0.3 is 0 Å². The summed E-state index contributed by atoms with van der Waals surface area (Å²) in [7, 11) is 1.73. The molecule has 41 heavy (non-hydrogen) atoms. The van der Waals surface area contributed by atoms with Crippen LogP contribution in [0.3, 0.4) is 0 Å². The van der Waals surface area contributed by atoms with Crippen LogP contribution in [0, 0.1) is 13.8 Å². The van der Waals surface area contributed by atoms with Crippen LogP contribution in [-0.4, -0.2) is 22.9 Å². The summed E-state index contributed by atoms with van der Waals surface area (Å²) in [6, 6.07) is 17.5. The van der Waals surface area contributed by atoms with Crippen LogP contribution >= 0.6 is 0 Å². The number of furan rings is 1. The number of nitrogens with zero attached hydrogens (tertiary/aromatic N) is 1. The minimum Gasteiger partial charge on any atom is -0.491 e. The lowest BCUT2D eigenvalue weighted by Gasteiger charge is -2.18. The van der Waals surface area contributed by atoms with E-state index in [1.54, 1.807) is 23.9 Å². The second-order valence-electron chi connectivity index (χ2n) is 10.3. The summed E-state index contributed by atoms with van der Waals surface area (Å²) in [6.07, 6.45) is 3.44. The largest absolute Gasteiger partial charge is 0.491 e. The number of aryl methyl sites for hydroxylation is 5. The van der Waals surface area contributed by atoms with Crippen LogP contribution in [0.5, 0.6) is 17.2 Å². The van der Waals surface area contributed by atoms with Crippen molar-refractivity contribution in [2.45, 2.75) is 40.5 Å². The molecular weight excluding hydrogens is 516 g/mol. The number of benzene rings is 3. The predicted octanol–water partition coefficient (Wildman–Crippen LogP) is 6.95. The molecule has 0 fully saturated rings. The number of aromatic nitrogens is 1. The lowest BCUT2D eigenvalue weighted by atomic mass is 10.0. The topological polar surface area (TPSA) is 99.9 Å². The Labute approximate surface area is 239 Å². The zero-order valence-corrected chi connectivity index (χ0v) is 24.2. The Morgan fingerprint density at radius 1 is 0.927 bits per heavy atom. The lowest BCUT2D eigenvalue weighted by Crippen LogP contribution is -2.15. The molecule has 0 atom stereocenters. The first-order valence-electron chi connectivity index (χ1n) is 13.9. The number of aliphatic hydroxyl groups is 1. The molecule has 0 radical (unpaired) electrons. The Morgan fingerprint density at radius 3 is 2.24 bits per heavy atom. The average molecular weight is 553 g/mol. The first-order chi connectivity index (χ1) is 19.7. The minimum absolute atomic E-state index is 0.0598. The highest BCUT2D eigenvalue weighted by Gasteiger charge is 2.21. The van der Waals surface area contributed by atoms with Gasteiger partial charge in [-0.25, -0.2) is 0 Å². The van der Waals surface area contributed by atoms with Crippen molar-refractivity contribution in [3.05, 3.63) is 93.4 Å². The van der Waals surface area contributed by atoms with Gasteiger partial charge in [0.05, 0.1) is 12.0 Å². The second-order valence-corrected chi connectivity index (χ2v) is 10.3. The molecule has 0 spiro atoms. The van der Waals surface area contributed by atoms with Crippen LogP contribution in [0.4, 0.5) is 5.69 Å². The average Bonchev–Trinajstić information content (AvgIpc) is 3.41. The molecule has 2 heterocycles. The van der Waals surface area contributed by atoms with Crippen LogP contribution in [-0.2, 0) is 19.9 Å². The van der Waals surface area contributed by atoms with Crippen molar-refractivity contribution >= 4 is 16.7 Å². The zero-order chi connectivity index (χ0) is 29.3. The third kappa shape index (κ3) is 5.33. The first-order valence-corrected chi connectivity index (χ1v) is 13.9. The number of hydrogen-bond acceptors (Lipinski definition) is 6. The highest BCUT2D eigenvalue weighted by atomic mass is 16.5. The number of anilines is 1. The van der Waals surface area contributed by atoms with Crippen LogP contribution in [0.1, 0.15) is 36.1 Å². The minimum atomic E-state index is -0.161. The molecule has 0 aliphatic rings. The monoisotopic (exact) mass is 552 g/mol. The third-order valence-corrected chi connectivity index (χ3v) is 7.38. The van der Waals surface area contributed by atoms with E-state index in [0.717, 1.165) is 57.7 Å². The molecule has 5 rings (SSSR count). The Morgan fingerprint density at radius 2 is 1.61 bits per heavy atom. The van der Waals surface area contributed by atoms with Gasteiger partial charge in [-0.15, -0.1) is 0 Å². The Hall–Kier alpha value is -4.49. The van der Waals surface area contributed by atoms with E-state index in [0.29, 0.717) is 33.7 Å². The molecule has 0 unspecified atom stereocenters. The summed E-state index contributed by atoms with van der Waals surface area (Å²) >= 11 is 0. The van der Waals surface area contributed by atoms with Gasteiger partial charge in [-0.1, -0.05) is 32.0 Å². The second kappa shape index (κ2) is 11.6. The molecule has 7 nitrogen and oxygen atoms in total. The molecule has 3 aromatic carbocycles. The van der Waals surface area contributed by atoms with Gasteiger partial charge < -0.3 is 29.3 Å². The number of para-hydroxylation sites is 1. The van der Waals surface area contributed by atoms with Gasteiger partial charge in [0.1, 0.15) is 35.2 Å². The van der Waals surface area contributed by atoms with E-state index in [2.05, 4.69) is 32.0 Å². The molecule has 3 N–H and O–H groups in total. The molecule has 7 heteroatoms. The van der Waals surface area contributed by atoms with Crippen molar-refractivity contribution in [3.63, 3.8) is 0 Å². The Bertz CT molecular complexity index is 1750. The lowest BCUT2D eigenvalue weighted by molar-refractivity contribution is 0.200. The predicted molar refractivity (Wildman–Crippen MR) is 164 cm³/mol. The number of fused-ring (bicyclic) bond motifs is 1. The summed E-state index contributed by atoms with van der Waals surface area (Å²) < 4.78 is 20.4. The fraction of sp³-hybridized carbons (Fsp3) is 0.265. The molecule has 0 aliphatic heterocycles. The molecule has 0 bridgehead atoms. The number of pyridine rings is 1. The van der Waals surface area contributed by atoms with Crippen molar-refractivity contribution in [1.82, 2.24) is 4.57 Å². The maximum atomic E-state index is 13.3. The summed E-state index contributed by atoms with van der Waals surface area (Å²) in [6.45, 7) is 8.28. The normalized spacial score (nSPS) is 11.3. The van der Waals surface area contributed by atoms with Crippen LogP contribution in [0.25, 0.3) is 33.4 Å².